The third kappa shape index (κ3) is 2.82. The lowest BCUT2D eigenvalue weighted by Crippen LogP contribution is -2.48. The van der Waals surface area contributed by atoms with Gasteiger partial charge in [0.05, 0.1) is 0 Å². The standard InChI is InChI=1S/C12H19N3OS2/c13-11-14-7-10(18-11)8-15-3-6-17-12(9-15)1-4-16-5-2-12/h7H,1-6,8-9H2,(H2,13,14). The van der Waals surface area contributed by atoms with E-state index in [0.717, 1.165) is 19.8 Å². The number of hydrogen-bond acceptors (Lipinski definition) is 6. The normalized spacial score (nSPS) is 24.4. The first-order valence-corrected chi connectivity index (χ1v) is 8.20. The molecule has 2 saturated heterocycles. The SMILES string of the molecule is Nc1ncc(CN2CCSC3(CCOCC3)C2)s1. The van der Waals surface area contributed by atoms with Gasteiger partial charge in [-0.25, -0.2) is 4.98 Å². The average molecular weight is 285 g/mol. The topological polar surface area (TPSA) is 51.4 Å². The molecule has 6 heteroatoms. The number of aromatic nitrogens is 1. The minimum absolute atomic E-state index is 0.437. The van der Waals surface area contributed by atoms with Crippen molar-refractivity contribution in [2.45, 2.75) is 24.1 Å². The lowest BCUT2D eigenvalue weighted by molar-refractivity contribution is 0.0626. The largest absolute Gasteiger partial charge is 0.381 e. The van der Waals surface area contributed by atoms with E-state index >= 15 is 0 Å². The number of nitrogen functional groups attached to an aromatic ring is 1. The Morgan fingerprint density at radius 2 is 2.28 bits per heavy atom. The molecule has 4 nitrogen and oxygen atoms in total. The third-order valence-electron chi connectivity index (χ3n) is 3.68. The molecule has 100 valence electrons. The molecule has 0 amide bonds. The maximum Gasteiger partial charge on any atom is 0.180 e. The van der Waals surface area contributed by atoms with E-state index in [1.807, 2.05) is 6.20 Å². The minimum Gasteiger partial charge on any atom is -0.381 e. The molecule has 0 saturated carbocycles. The summed E-state index contributed by atoms with van der Waals surface area (Å²) in [6.45, 7) is 5.20. The summed E-state index contributed by atoms with van der Waals surface area (Å²) in [5.41, 5.74) is 5.69. The van der Waals surface area contributed by atoms with Crippen LogP contribution in [0.15, 0.2) is 6.20 Å². The highest BCUT2D eigenvalue weighted by Crippen LogP contribution is 2.39. The second-order valence-corrected chi connectivity index (χ2v) is 7.73. The number of thioether (sulfide) groups is 1. The van der Waals surface area contributed by atoms with E-state index in [4.69, 9.17) is 10.5 Å². The van der Waals surface area contributed by atoms with E-state index in [0.29, 0.717) is 9.88 Å². The Morgan fingerprint density at radius 3 is 3.00 bits per heavy atom. The summed E-state index contributed by atoms with van der Waals surface area (Å²) in [5.74, 6) is 1.23. The molecule has 0 radical (unpaired) electrons. The Hall–Kier alpha value is -0.300. The highest BCUT2D eigenvalue weighted by atomic mass is 32.2. The molecule has 1 aromatic rings. The molecule has 2 N–H and O–H groups in total. The predicted octanol–water partition coefficient (Wildman–Crippen LogP) is 1.82. The van der Waals surface area contributed by atoms with Gasteiger partial charge in [-0.05, 0) is 12.8 Å². The first kappa shape index (κ1) is 12.7. The van der Waals surface area contributed by atoms with Crippen LogP contribution in [0.5, 0.6) is 0 Å². The zero-order valence-electron chi connectivity index (χ0n) is 10.4. The van der Waals surface area contributed by atoms with Gasteiger partial charge in [-0.2, -0.15) is 11.8 Å². The maximum absolute atomic E-state index is 5.69. The van der Waals surface area contributed by atoms with Crippen molar-refractivity contribution in [1.29, 1.82) is 0 Å². The predicted molar refractivity (Wildman–Crippen MR) is 77.0 cm³/mol. The molecule has 0 aromatic carbocycles. The monoisotopic (exact) mass is 285 g/mol. The van der Waals surface area contributed by atoms with Crippen LogP contribution in [0.2, 0.25) is 0 Å². The second kappa shape index (κ2) is 5.36. The van der Waals surface area contributed by atoms with Crippen molar-refractivity contribution in [2.75, 3.05) is 37.8 Å². The van der Waals surface area contributed by atoms with E-state index in [1.165, 1.54) is 36.6 Å². The summed E-state index contributed by atoms with van der Waals surface area (Å²) < 4.78 is 5.93. The number of nitrogens with zero attached hydrogens (tertiary/aromatic N) is 2. The summed E-state index contributed by atoms with van der Waals surface area (Å²) in [6, 6.07) is 0. The van der Waals surface area contributed by atoms with Crippen molar-refractivity contribution >= 4 is 28.2 Å². The van der Waals surface area contributed by atoms with Gasteiger partial charge in [-0.3, -0.25) is 4.90 Å². The number of nitrogens with two attached hydrogens (primary N) is 1. The molecule has 2 aliphatic rings. The highest BCUT2D eigenvalue weighted by molar-refractivity contribution is 8.00. The highest BCUT2D eigenvalue weighted by Gasteiger charge is 2.37. The number of hydrogen-bond donors (Lipinski definition) is 1. The number of rotatable bonds is 2. The Bertz CT molecular complexity index is 398. The first-order valence-electron chi connectivity index (χ1n) is 6.40. The molecule has 3 heterocycles. The zero-order valence-corrected chi connectivity index (χ0v) is 12.1. The van der Waals surface area contributed by atoms with Crippen LogP contribution in [0, 0.1) is 0 Å². The zero-order chi connectivity index (χ0) is 12.4. The van der Waals surface area contributed by atoms with Gasteiger partial charge in [0, 0.05) is 54.4 Å². The summed E-state index contributed by atoms with van der Waals surface area (Å²) in [7, 11) is 0. The van der Waals surface area contributed by atoms with Gasteiger partial charge in [0.25, 0.3) is 0 Å². The van der Waals surface area contributed by atoms with E-state index in [2.05, 4.69) is 21.6 Å². The lowest BCUT2D eigenvalue weighted by Gasteiger charge is -2.44. The molecule has 0 aliphatic carbocycles. The van der Waals surface area contributed by atoms with Crippen LogP contribution in [0.1, 0.15) is 17.7 Å². The summed E-state index contributed by atoms with van der Waals surface area (Å²) in [5, 5.41) is 0.678. The van der Waals surface area contributed by atoms with Gasteiger partial charge in [0.15, 0.2) is 5.13 Å². The van der Waals surface area contributed by atoms with Crippen LogP contribution in [0.3, 0.4) is 0 Å². The van der Waals surface area contributed by atoms with Gasteiger partial charge in [0.2, 0.25) is 0 Å². The fourth-order valence-corrected chi connectivity index (χ4v) is 4.96. The van der Waals surface area contributed by atoms with E-state index in [9.17, 15) is 0 Å². The number of anilines is 1. The van der Waals surface area contributed by atoms with Crippen LogP contribution in [0.4, 0.5) is 5.13 Å². The quantitative estimate of drug-likeness (QED) is 0.898. The molecule has 1 aromatic heterocycles. The Balaban J connectivity index is 1.63. The third-order valence-corrected chi connectivity index (χ3v) is 6.03. The van der Waals surface area contributed by atoms with E-state index in [-0.39, 0.29) is 0 Å². The fourth-order valence-electron chi connectivity index (χ4n) is 2.72. The van der Waals surface area contributed by atoms with Gasteiger partial charge < -0.3 is 10.5 Å². The maximum atomic E-state index is 5.69. The fraction of sp³-hybridized carbons (Fsp3) is 0.750. The van der Waals surface area contributed by atoms with Gasteiger partial charge in [-0.15, -0.1) is 11.3 Å². The summed E-state index contributed by atoms with van der Waals surface area (Å²) in [6.07, 6.45) is 4.30. The van der Waals surface area contributed by atoms with Gasteiger partial charge >= 0.3 is 0 Å². The van der Waals surface area contributed by atoms with Gasteiger partial charge in [0.1, 0.15) is 0 Å². The molecular weight excluding hydrogens is 266 g/mol. The molecule has 1 spiro atoms. The Morgan fingerprint density at radius 1 is 1.44 bits per heavy atom. The van der Waals surface area contributed by atoms with Crippen LogP contribution < -0.4 is 5.73 Å². The van der Waals surface area contributed by atoms with Crippen LogP contribution >= 0.6 is 23.1 Å². The van der Waals surface area contributed by atoms with Crippen molar-refractivity contribution in [3.05, 3.63) is 11.1 Å². The van der Waals surface area contributed by atoms with Crippen LogP contribution in [0.25, 0.3) is 0 Å². The van der Waals surface area contributed by atoms with Gasteiger partial charge in [-0.1, -0.05) is 0 Å². The first-order chi connectivity index (χ1) is 8.76. The lowest BCUT2D eigenvalue weighted by atomic mass is 9.98. The summed E-state index contributed by atoms with van der Waals surface area (Å²) in [4.78, 5) is 7.96. The molecule has 0 atom stereocenters. The van der Waals surface area contributed by atoms with Crippen LogP contribution in [-0.2, 0) is 11.3 Å². The molecule has 3 rings (SSSR count). The van der Waals surface area contributed by atoms with Crippen molar-refractivity contribution in [3.63, 3.8) is 0 Å². The Labute approximate surface area is 116 Å². The Kier molecular flexibility index (Phi) is 3.79. The van der Waals surface area contributed by atoms with Crippen LogP contribution in [-0.4, -0.2) is 46.7 Å². The molecule has 0 unspecified atom stereocenters. The number of thiazole rings is 1. The minimum atomic E-state index is 0.437. The molecule has 2 aliphatic heterocycles. The number of ether oxygens (including phenoxy) is 1. The van der Waals surface area contributed by atoms with Crippen molar-refractivity contribution in [1.82, 2.24) is 9.88 Å². The van der Waals surface area contributed by atoms with Crippen molar-refractivity contribution in [3.8, 4) is 0 Å². The van der Waals surface area contributed by atoms with E-state index < -0.39 is 0 Å². The smallest absolute Gasteiger partial charge is 0.180 e. The molecule has 2 fully saturated rings. The van der Waals surface area contributed by atoms with Crippen molar-refractivity contribution in [2.24, 2.45) is 0 Å². The van der Waals surface area contributed by atoms with Crippen molar-refractivity contribution < 1.29 is 4.74 Å². The molecule has 0 bridgehead atoms. The second-order valence-electron chi connectivity index (χ2n) is 5.02. The molecular formula is C12H19N3OS2. The molecule has 18 heavy (non-hydrogen) atoms. The average Bonchev–Trinajstić information content (AvgIpc) is 2.76. The summed E-state index contributed by atoms with van der Waals surface area (Å²) >= 11 is 3.76. The van der Waals surface area contributed by atoms with E-state index in [1.54, 1.807) is 11.3 Å².